The van der Waals surface area contributed by atoms with Crippen molar-refractivity contribution in [2.75, 3.05) is 26.8 Å². The summed E-state index contributed by atoms with van der Waals surface area (Å²) < 4.78 is 10.8. The Kier molecular flexibility index (Phi) is 7.78. The van der Waals surface area contributed by atoms with E-state index < -0.39 is 0 Å². The first-order valence-corrected chi connectivity index (χ1v) is 8.98. The summed E-state index contributed by atoms with van der Waals surface area (Å²) >= 11 is 1.48. The van der Waals surface area contributed by atoms with E-state index in [0.29, 0.717) is 49.6 Å². The van der Waals surface area contributed by atoms with Gasteiger partial charge in [0, 0.05) is 23.9 Å². The van der Waals surface area contributed by atoms with Gasteiger partial charge in [-0.05, 0) is 30.0 Å². The molecule has 2 amide bonds. The molecule has 134 valence electrons. The highest BCUT2D eigenvalue weighted by atomic mass is 32.1. The summed E-state index contributed by atoms with van der Waals surface area (Å²) in [6.07, 6.45) is 0.952. The van der Waals surface area contributed by atoms with Crippen molar-refractivity contribution in [1.82, 2.24) is 10.6 Å². The van der Waals surface area contributed by atoms with Gasteiger partial charge in [-0.1, -0.05) is 12.1 Å². The van der Waals surface area contributed by atoms with Crippen LogP contribution >= 0.6 is 11.3 Å². The van der Waals surface area contributed by atoms with Crippen molar-refractivity contribution >= 4 is 23.2 Å². The molecule has 0 aliphatic carbocycles. The van der Waals surface area contributed by atoms with Gasteiger partial charge in [-0.2, -0.15) is 11.3 Å². The molecule has 1 heterocycles. The molecule has 0 aliphatic heterocycles. The van der Waals surface area contributed by atoms with Crippen LogP contribution in [0.5, 0.6) is 11.5 Å². The van der Waals surface area contributed by atoms with Crippen molar-refractivity contribution in [2.24, 2.45) is 0 Å². The number of thiophene rings is 1. The number of hydrogen-bond acceptors (Lipinski definition) is 5. The fourth-order valence-electron chi connectivity index (χ4n) is 2.12. The smallest absolute Gasteiger partial charge is 0.252 e. The number of para-hydroxylation sites is 2. The predicted molar refractivity (Wildman–Crippen MR) is 97.4 cm³/mol. The maximum atomic E-state index is 11.7. The Hall–Kier alpha value is -2.54. The summed E-state index contributed by atoms with van der Waals surface area (Å²) in [5.74, 6) is 1.14. The van der Waals surface area contributed by atoms with Crippen molar-refractivity contribution in [1.29, 1.82) is 0 Å². The van der Waals surface area contributed by atoms with E-state index in [1.54, 1.807) is 18.6 Å². The molecule has 0 saturated heterocycles. The van der Waals surface area contributed by atoms with E-state index in [4.69, 9.17) is 9.47 Å². The van der Waals surface area contributed by atoms with Gasteiger partial charge in [0.1, 0.15) is 6.61 Å². The zero-order valence-corrected chi connectivity index (χ0v) is 14.9. The number of rotatable bonds is 10. The van der Waals surface area contributed by atoms with Crippen LogP contribution in [0.4, 0.5) is 0 Å². The zero-order chi connectivity index (χ0) is 17.9. The summed E-state index contributed by atoms with van der Waals surface area (Å²) in [4.78, 5) is 23.5. The maximum absolute atomic E-state index is 11.7. The Balaban J connectivity index is 1.54. The number of carbonyl (C=O) groups excluding carboxylic acids is 2. The lowest BCUT2D eigenvalue weighted by Crippen LogP contribution is -2.29. The van der Waals surface area contributed by atoms with E-state index in [1.807, 2.05) is 29.6 Å². The summed E-state index contributed by atoms with van der Waals surface area (Å²) in [5, 5.41) is 9.23. The van der Waals surface area contributed by atoms with Crippen LogP contribution in [0, 0.1) is 0 Å². The van der Waals surface area contributed by atoms with Gasteiger partial charge in [-0.3, -0.25) is 9.59 Å². The van der Waals surface area contributed by atoms with Crippen LogP contribution in [0.3, 0.4) is 0 Å². The first-order chi connectivity index (χ1) is 12.2. The largest absolute Gasteiger partial charge is 0.493 e. The molecule has 25 heavy (non-hydrogen) atoms. The highest BCUT2D eigenvalue weighted by Crippen LogP contribution is 2.25. The Bertz CT molecular complexity index is 673. The molecule has 2 N–H and O–H groups in total. The molecule has 0 saturated carbocycles. The Morgan fingerprint density at radius 3 is 2.60 bits per heavy atom. The lowest BCUT2D eigenvalue weighted by Gasteiger charge is -2.11. The lowest BCUT2D eigenvalue weighted by atomic mass is 10.2. The first kappa shape index (κ1) is 18.8. The highest BCUT2D eigenvalue weighted by molar-refractivity contribution is 7.08. The van der Waals surface area contributed by atoms with Crippen LogP contribution in [-0.2, 0) is 4.79 Å². The molecule has 0 spiro atoms. The standard InChI is InChI=1S/C18H22N2O4S/c1-23-15-5-2-3-6-16(15)24-11-10-19-17(21)7-4-9-20-18(22)14-8-12-25-13-14/h2-3,5-6,8,12-13H,4,7,9-11H2,1H3,(H,19,21)(H,20,22). The molecule has 2 rings (SSSR count). The third-order valence-electron chi connectivity index (χ3n) is 3.40. The summed E-state index contributed by atoms with van der Waals surface area (Å²) in [7, 11) is 1.58. The van der Waals surface area contributed by atoms with E-state index >= 15 is 0 Å². The van der Waals surface area contributed by atoms with Crippen LogP contribution in [0.2, 0.25) is 0 Å². The van der Waals surface area contributed by atoms with Crippen molar-refractivity contribution < 1.29 is 19.1 Å². The average molecular weight is 362 g/mol. The molecule has 0 aliphatic rings. The van der Waals surface area contributed by atoms with Crippen molar-refractivity contribution in [2.45, 2.75) is 12.8 Å². The Morgan fingerprint density at radius 2 is 1.88 bits per heavy atom. The fourth-order valence-corrected chi connectivity index (χ4v) is 2.76. The summed E-state index contributed by atoms with van der Waals surface area (Å²) in [6.45, 7) is 1.25. The number of amides is 2. The van der Waals surface area contributed by atoms with E-state index in [-0.39, 0.29) is 11.8 Å². The van der Waals surface area contributed by atoms with Gasteiger partial charge in [0.25, 0.3) is 5.91 Å². The quantitative estimate of drug-likeness (QED) is 0.637. The second-order valence-electron chi connectivity index (χ2n) is 5.22. The minimum atomic E-state index is -0.105. The van der Waals surface area contributed by atoms with E-state index in [2.05, 4.69) is 10.6 Å². The fraction of sp³-hybridized carbons (Fsp3) is 0.333. The highest BCUT2D eigenvalue weighted by Gasteiger charge is 2.06. The van der Waals surface area contributed by atoms with Gasteiger partial charge in [-0.15, -0.1) is 0 Å². The average Bonchev–Trinajstić information content (AvgIpc) is 3.17. The Morgan fingerprint density at radius 1 is 1.08 bits per heavy atom. The molecule has 1 aromatic heterocycles. The van der Waals surface area contributed by atoms with Gasteiger partial charge in [0.05, 0.1) is 13.7 Å². The van der Waals surface area contributed by atoms with Crippen LogP contribution in [0.25, 0.3) is 0 Å². The third-order valence-corrected chi connectivity index (χ3v) is 4.08. The number of benzene rings is 1. The zero-order valence-electron chi connectivity index (χ0n) is 14.1. The number of carbonyl (C=O) groups is 2. The minimum absolute atomic E-state index is 0.0617. The number of methoxy groups -OCH3 is 1. The van der Waals surface area contributed by atoms with Gasteiger partial charge >= 0.3 is 0 Å². The number of nitrogens with one attached hydrogen (secondary N) is 2. The molecule has 6 nitrogen and oxygen atoms in total. The number of hydrogen-bond donors (Lipinski definition) is 2. The number of ether oxygens (including phenoxy) is 2. The van der Waals surface area contributed by atoms with Gasteiger partial charge in [-0.25, -0.2) is 0 Å². The summed E-state index contributed by atoms with van der Waals surface area (Å²) in [5.41, 5.74) is 0.656. The first-order valence-electron chi connectivity index (χ1n) is 8.03. The van der Waals surface area contributed by atoms with Crippen LogP contribution in [-0.4, -0.2) is 38.6 Å². The van der Waals surface area contributed by atoms with Gasteiger partial charge < -0.3 is 20.1 Å². The van der Waals surface area contributed by atoms with E-state index in [0.717, 1.165) is 0 Å². The van der Waals surface area contributed by atoms with Crippen LogP contribution in [0.15, 0.2) is 41.1 Å². The van der Waals surface area contributed by atoms with Crippen LogP contribution < -0.4 is 20.1 Å². The van der Waals surface area contributed by atoms with E-state index in [9.17, 15) is 9.59 Å². The topological polar surface area (TPSA) is 76.7 Å². The SMILES string of the molecule is COc1ccccc1OCCNC(=O)CCCNC(=O)c1ccsc1. The minimum Gasteiger partial charge on any atom is -0.493 e. The lowest BCUT2D eigenvalue weighted by molar-refractivity contribution is -0.121. The molecular formula is C18H22N2O4S. The second-order valence-corrected chi connectivity index (χ2v) is 6.00. The second kappa shape index (κ2) is 10.4. The molecule has 0 atom stereocenters. The van der Waals surface area contributed by atoms with E-state index in [1.165, 1.54) is 11.3 Å². The van der Waals surface area contributed by atoms with Crippen molar-refractivity contribution in [3.05, 3.63) is 46.7 Å². The summed E-state index contributed by atoms with van der Waals surface area (Å²) in [6, 6.07) is 9.13. The normalized spacial score (nSPS) is 10.1. The van der Waals surface area contributed by atoms with Crippen molar-refractivity contribution in [3.8, 4) is 11.5 Å². The predicted octanol–water partition coefficient (Wildman–Crippen LogP) is 2.46. The molecule has 0 radical (unpaired) electrons. The van der Waals surface area contributed by atoms with Gasteiger partial charge in [0.15, 0.2) is 11.5 Å². The molecule has 0 bridgehead atoms. The molecule has 0 unspecified atom stereocenters. The Labute approximate surface area is 151 Å². The van der Waals surface area contributed by atoms with Crippen molar-refractivity contribution in [3.63, 3.8) is 0 Å². The molecule has 7 heteroatoms. The third kappa shape index (κ3) is 6.46. The molecule has 0 fully saturated rings. The maximum Gasteiger partial charge on any atom is 0.252 e. The molecule has 1 aromatic carbocycles. The molecule has 2 aromatic rings. The van der Waals surface area contributed by atoms with Gasteiger partial charge in [0.2, 0.25) is 5.91 Å². The monoisotopic (exact) mass is 362 g/mol. The van der Waals surface area contributed by atoms with Crippen LogP contribution in [0.1, 0.15) is 23.2 Å². The molecular weight excluding hydrogens is 340 g/mol.